The van der Waals surface area contributed by atoms with Gasteiger partial charge in [0.2, 0.25) is 0 Å². The summed E-state index contributed by atoms with van der Waals surface area (Å²) < 4.78 is 12.5. The Morgan fingerprint density at radius 3 is 2.30 bits per heavy atom. The van der Waals surface area contributed by atoms with Crippen LogP contribution in [0.2, 0.25) is 0 Å². The van der Waals surface area contributed by atoms with Gasteiger partial charge in [0.1, 0.15) is 17.2 Å². The average molecular weight is 400 g/mol. The summed E-state index contributed by atoms with van der Waals surface area (Å²) in [6.07, 6.45) is 0.787. The van der Waals surface area contributed by atoms with Gasteiger partial charge in [-0.2, -0.15) is 0 Å². The minimum Gasteiger partial charge on any atom is -0.496 e. The van der Waals surface area contributed by atoms with Crippen LogP contribution >= 0.6 is 31.9 Å². The number of methoxy groups -OCH3 is 1. The summed E-state index contributed by atoms with van der Waals surface area (Å²) in [7, 11) is 1.59. The molecular formula is C15H12Br2O3. The second-order valence-corrected chi connectivity index (χ2v) is 5.89. The molecule has 0 aliphatic carbocycles. The van der Waals surface area contributed by atoms with Crippen LogP contribution in [0.5, 0.6) is 17.2 Å². The van der Waals surface area contributed by atoms with E-state index in [2.05, 4.69) is 31.9 Å². The number of rotatable bonds is 4. The molecule has 0 saturated carbocycles. The highest BCUT2D eigenvalue weighted by Crippen LogP contribution is 2.38. The van der Waals surface area contributed by atoms with Crippen molar-refractivity contribution in [1.82, 2.24) is 0 Å². The predicted octanol–water partition coefficient (Wildman–Crippen LogP) is 5.13. The Kier molecular flexibility index (Phi) is 4.83. The van der Waals surface area contributed by atoms with E-state index in [0.717, 1.165) is 20.8 Å². The van der Waals surface area contributed by atoms with Gasteiger partial charge in [0, 0.05) is 0 Å². The molecule has 0 atom stereocenters. The van der Waals surface area contributed by atoms with Crippen LogP contribution in [0.15, 0.2) is 39.3 Å². The van der Waals surface area contributed by atoms with Crippen molar-refractivity contribution in [1.29, 1.82) is 0 Å². The molecule has 2 rings (SSSR count). The third-order valence-corrected chi connectivity index (χ3v) is 3.96. The molecule has 0 N–H and O–H groups in total. The van der Waals surface area contributed by atoms with Crippen molar-refractivity contribution in [2.45, 2.75) is 6.92 Å². The molecule has 2 aromatic carbocycles. The molecule has 0 aliphatic heterocycles. The van der Waals surface area contributed by atoms with Gasteiger partial charge >= 0.3 is 0 Å². The minimum absolute atomic E-state index is 0.517. The highest BCUT2D eigenvalue weighted by atomic mass is 79.9. The van der Waals surface area contributed by atoms with Crippen molar-refractivity contribution in [3.05, 3.63) is 50.4 Å². The van der Waals surface area contributed by atoms with Gasteiger partial charge in [-0.15, -0.1) is 0 Å². The van der Waals surface area contributed by atoms with Crippen molar-refractivity contribution >= 4 is 38.1 Å². The van der Waals surface area contributed by atoms with Crippen LogP contribution in [-0.2, 0) is 0 Å². The Morgan fingerprint density at radius 1 is 1.00 bits per heavy atom. The summed E-state index contributed by atoms with van der Waals surface area (Å²) in [4.78, 5) is 11.1. The second kappa shape index (κ2) is 6.41. The lowest BCUT2D eigenvalue weighted by atomic mass is 10.1. The first-order valence-corrected chi connectivity index (χ1v) is 7.40. The lowest BCUT2D eigenvalue weighted by Crippen LogP contribution is -1.93. The first kappa shape index (κ1) is 15.1. The van der Waals surface area contributed by atoms with Gasteiger partial charge in [-0.25, -0.2) is 0 Å². The van der Waals surface area contributed by atoms with E-state index in [0.29, 0.717) is 22.8 Å². The maximum atomic E-state index is 11.1. The molecule has 5 heteroatoms. The maximum Gasteiger partial charge on any atom is 0.153 e. The molecule has 2 aromatic rings. The molecule has 0 amide bonds. The summed E-state index contributed by atoms with van der Waals surface area (Å²) >= 11 is 6.83. The molecule has 0 unspecified atom stereocenters. The number of ether oxygens (including phenoxy) is 2. The van der Waals surface area contributed by atoms with E-state index in [1.807, 2.05) is 13.0 Å². The lowest BCUT2D eigenvalue weighted by Gasteiger charge is -2.12. The van der Waals surface area contributed by atoms with Gasteiger partial charge in [-0.05, 0) is 63.0 Å². The van der Waals surface area contributed by atoms with Gasteiger partial charge in [0.25, 0.3) is 0 Å². The van der Waals surface area contributed by atoms with Crippen LogP contribution in [-0.4, -0.2) is 13.4 Å². The number of halogens is 2. The van der Waals surface area contributed by atoms with E-state index in [4.69, 9.17) is 9.47 Å². The number of aryl methyl sites for hydroxylation is 1. The minimum atomic E-state index is 0.517. The molecule has 0 aromatic heterocycles. The predicted molar refractivity (Wildman–Crippen MR) is 85.0 cm³/mol. The molecular weight excluding hydrogens is 388 g/mol. The number of carbonyl (C=O) groups excluding carboxylic acids is 1. The zero-order valence-electron chi connectivity index (χ0n) is 10.9. The van der Waals surface area contributed by atoms with Gasteiger partial charge in [-0.1, -0.05) is 11.6 Å². The molecule has 0 heterocycles. The van der Waals surface area contributed by atoms with Crippen molar-refractivity contribution in [2.75, 3.05) is 7.11 Å². The summed E-state index contributed by atoms with van der Waals surface area (Å²) in [5, 5.41) is 0. The molecule has 0 fully saturated rings. The molecule has 0 aliphatic rings. The highest BCUT2D eigenvalue weighted by molar-refractivity contribution is 9.11. The largest absolute Gasteiger partial charge is 0.496 e. The van der Waals surface area contributed by atoms with Crippen LogP contribution in [0.25, 0.3) is 0 Å². The van der Waals surface area contributed by atoms with Crippen LogP contribution in [0.1, 0.15) is 15.9 Å². The molecule has 0 bridgehead atoms. The zero-order valence-corrected chi connectivity index (χ0v) is 14.1. The Bertz CT molecular complexity index is 654. The fourth-order valence-electron chi connectivity index (χ4n) is 1.72. The number of carbonyl (C=O) groups is 1. The number of hydrogen-bond acceptors (Lipinski definition) is 3. The SMILES string of the molecule is COc1cc(Br)c(Oc2ccc(C)cc2C=O)cc1Br. The smallest absolute Gasteiger partial charge is 0.153 e. The summed E-state index contributed by atoms with van der Waals surface area (Å²) in [5.41, 5.74) is 1.53. The third kappa shape index (κ3) is 3.22. The normalized spacial score (nSPS) is 10.2. The van der Waals surface area contributed by atoms with Crippen molar-refractivity contribution < 1.29 is 14.3 Å². The molecule has 0 saturated heterocycles. The number of aldehydes is 1. The lowest BCUT2D eigenvalue weighted by molar-refractivity contribution is 0.112. The van der Waals surface area contributed by atoms with E-state index < -0.39 is 0 Å². The van der Waals surface area contributed by atoms with Gasteiger partial charge in [0.05, 0.1) is 21.6 Å². The first-order valence-electron chi connectivity index (χ1n) is 5.82. The molecule has 104 valence electrons. The van der Waals surface area contributed by atoms with E-state index in [1.165, 1.54) is 0 Å². The Hall–Kier alpha value is -1.33. The van der Waals surface area contributed by atoms with E-state index in [1.54, 1.807) is 31.4 Å². The fourth-order valence-corrected chi connectivity index (χ4v) is 2.60. The number of benzene rings is 2. The van der Waals surface area contributed by atoms with Gasteiger partial charge < -0.3 is 9.47 Å². The molecule has 3 nitrogen and oxygen atoms in total. The average Bonchev–Trinajstić information content (AvgIpc) is 2.44. The Labute approximate surface area is 134 Å². The molecule has 20 heavy (non-hydrogen) atoms. The van der Waals surface area contributed by atoms with Gasteiger partial charge in [-0.3, -0.25) is 4.79 Å². The zero-order chi connectivity index (χ0) is 14.7. The topological polar surface area (TPSA) is 35.5 Å². The standard InChI is InChI=1S/C15H12Br2O3/c1-9-3-4-13(10(5-9)8-18)20-15-7-11(16)14(19-2)6-12(15)17/h3-8H,1-2H3. The third-order valence-electron chi connectivity index (χ3n) is 2.72. The highest BCUT2D eigenvalue weighted by Gasteiger charge is 2.11. The Balaban J connectivity index is 2.40. The van der Waals surface area contributed by atoms with Crippen molar-refractivity contribution in [3.63, 3.8) is 0 Å². The van der Waals surface area contributed by atoms with E-state index in [-0.39, 0.29) is 0 Å². The van der Waals surface area contributed by atoms with Gasteiger partial charge in [0.15, 0.2) is 6.29 Å². The quantitative estimate of drug-likeness (QED) is 0.668. The fraction of sp³-hybridized carbons (Fsp3) is 0.133. The first-order chi connectivity index (χ1) is 9.55. The number of hydrogen-bond donors (Lipinski definition) is 0. The van der Waals surface area contributed by atoms with E-state index in [9.17, 15) is 4.79 Å². The van der Waals surface area contributed by atoms with Crippen LogP contribution in [0.3, 0.4) is 0 Å². The van der Waals surface area contributed by atoms with Crippen LogP contribution in [0.4, 0.5) is 0 Å². The van der Waals surface area contributed by atoms with Crippen molar-refractivity contribution in [2.24, 2.45) is 0 Å². The van der Waals surface area contributed by atoms with E-state index >= 15 is 0 Å². The maximum absolute atomic E-state index is 11.1. The van der Waals surface area contributed by atoms with Crippen molar-refractivity contribution in [3.8, 4) is 17.2 Å². The second-order valence-electron chi connectivity index (χ2n) is 4.18. The summed E-state index contributed by atoms with van der Waals surface area (Å²) in [6, 6.07) is 9.05. The summed E-state index contributed by atoms with van der Waals surface area (Å²) in [6.45, 7) is 1.93. The molecule has 0 spiro atoms. The monoisotopic (exact) mass is 398 g/mol. The summed E-state index contributed by atoms with van der Waals surface area (Å²) in [5.74, 6) is 1.82. The van der Waals surface area contributed by atoms with Crippen LogP contribution in [0, 0.1) is 6.92 Å². The Morgan fingerprint density at radius 2 is 1.65 bits per heavy atom. The van der Waals surface area contributed by atoms with Crippen LogP contribution < -0.4 is 9.47 Å². The molecule has 0 radical (unpaired) electrons.